The molecular weight excluding hydrogens is 333 g/mol. The lowest BCUT2D eigenvalue weighted by molar-refractivity contribution is -0.128. The Morgan fingerprint density at radius 2 is 1.86 bits per heavy atom. The molecule has 1 fully saturated rings. The standard InChI is InChI=1S/C17H23BrFNO/c1-17(2,20-9-5-3-4-6-10-20)16(21)12-13-7-8-15(19)14(18)11-13/h7-8,11H,3-6,9-10,12H2,1-2H3. The molecule has 116 valence electrons. The molecule has 1 aromatic carbocycles. The van der Waals surface area contributed by atoms with Crippen LogP contribution in [-0.2, 0) is 11.2 Å². The van der Waals surface area contributed by atoms with E-state index in [1.165, 1.54) is 31.7 Å². The summed E-state index contributed by atoms with van der Waals surface area (Å²) >= 11 is 3.18. The summed E-state index contributed by atoms with van der Waals surface area (Å²) in [6.45, 7) is 6.01. The quantitative estimate of drug-likeness (QED) is 0.799. The van der Waals surface area contributed by atoms with Crippen LogP contribution in [0.25, 0.3) is 0 Å². The summed E-state index contributed by atoms with van der Waals surface area (Å²) in [5.74, 6) is -0.0964. The maximum atomic E-state index is 13.3. The number of nitrogens with zero attached hydrogens (tertiary/aromatic N) is 1. The summed E-state index contributed by atoms with van der Waals surface area (Å²) in [6.07, 6.45) is 5.19. The van der Waals surface area contributed by atoms with E-state index >= 15 is 0 Å². The highest BCUT2D eigenvalue weighted by Crippen LogP contribution is 2.24. The van der Waals surface area contributed by atoms with Crippen LogP contribution in [0.15, 0.2) is 22.7 Å². The summed E-state index contributed by atoms with van der Waals surface area (Å²) in [5.41, 5.74) is 0.404. The monoisotopic (exact) mass is 355 g/mol. The fraction of sp³-hybridized carbons (Fsp3) is 0.588. The molecule has 2 rings (SSSR count). The number of carbonyl (C=O) groups is 1. The van der Waals surface area contributed by atoms with Crippen molar-refractivity contribution in [2.24, 2.45) is 0 Å². The first-order valence-electron chi connectivity index (χ1n) is 7.63. The van der Waals surface area contributed by atoms with Gasteiger partial charge in [0.15, 0.2) is 5.78 Å². The summed E-state index contributed by atoms with van der Waals surface area (Å²) < 4.78 is 13.7. The maximum absolute atomic E-state index is 13.3. The van der Waals surface area contributed by atoms with E-state index < -0.39 is 5.54 Å². The molecule has 0 saturated carbocycles. The highest BCUT2D eigenvalue weighted by molar-refractivity contribution is 9.10. The molecule has 0 aliphatic carbocycles. The summed E-state index contributed by atoms with van der Waals surface area (Å²) in [7, 11) is 0. The van der Waals surface area contributed by atoms with Crippen molar-refractivity contribution in [3.63, 3.8) is 0 Å². The van der Waals surface area contributed by atoms with Crippen LogP contribution < -0.4 is 0 Å². The molecule has 1 saturated heterocycles. The first-order chi connectivity index (χ1) is 9.91. The molecule has 1 heterocycles. The molecule has 0 amide bonds. The largest absolute Gasteiger partial charge is 0.297 e. The molecule has 0 N–H and O–H groups in total. The lowest BCUT2D eigenvalue weighted by Gasteiger charge is -2.36. The molecule has 0 bridgehead atoms. The summed E-state index contributed by atoms with van der Waals surface area (Å²) in [6, 6.07) is 4.80. The molecular formula is C17H23BrFNO. The van der Waals surface area contributed by atoms with E-state index in [4.69, 9.17) is 0 Å². The lowest BCUT2D eigenvalue weighted by Crippen LogP contribution is -2.51. The molecule has 0 aromatic heterocycles. The van der Waals surface area contributed by atoms with Crippen molar-refractivity contribution in [2.75, 3.05) is 13.1 Å². The number of ketones is 1. The van der Waals surface area contributed by atoms with Gasteiger partial charge in [-0.05, 0) is 73.4 Å². The third-order valence-electron chi connectivity index (χ3n) is 4.43. The molecule has 1 aliphatic rings. The van der Waals surface area contributed by atoms with Gasteiger partial charge < -0.3 is 0 Å². The number of hydrogen-bond acceptors (Lipinski definition) is 2. The Morgan fingerprint density at radius 3 is 2.43 bits per heavy atom. The van der Waals surface area contributed by atoms with E-state index in [0.717, 1.165) is 18.7 Å². The Labute approximate surface area is 134 Å². The van der Waals surface area contributed by atoms with E-state index in [1.807, 2.05) is 13.8 Å². The third kappa shape index (κ3) is 4.13. The Bertz CT molecular complexity index is 508. The van der Waals surface area contributed by atoms with Gasteiger partial charge in [-0.2, -0.15) is 0 Å². The number of halogens is 2. The first-order valence-corrected chi connectivity index (χ1v) is 8.43. The number of hydrogen-bond donors (Lipinski definition) is 0. The van der Waals surface area contributed by atoms with Crippen molar-refractivity contribution < 1.29 is 9.18 Å². The number of likely N-dealkylation sites (tertiary alicyclic amines) is 1. The van der Waals surface area contributed by atoms with Gasteiger partial charge in [-0.25, -0.2) is 4.39 Å². The Hall–Kier alpha value is -0.740. The number of carbonyl (C=O) groups excluding carboxylic acids is 1. The van der Waals surface area contributed by atoms with Crippen molar-refractivity contribution in [3.8, 4) is 0 Å². The van der Waals surface area contributed by atoms with Crippen LogP contribution in [0.4, 0.5) is 4.39 Å². The highest BCUT2D eigenvalue weighted by Gasteiger charge is 2.34. The van der Waals surface area contributed by atoms with Crippen LogP contribution in [0.5, 0.6) is 0 Å². The summed E-state index contributed by atoms with van der Waals surface area (Å²) in [5, 5.41) is 0. The molecule has 2 nitrogen and oxygen atoms in total. The maximum Gasteiger partial charge on any atom is 0.156 e. The second-order valence-corrected chi connectivity index (χ2v) is 7.16. The SMILES string of the molecule is CC(C)(C(=O)Cc1ccc(F)c(Br)c1)N1CCCCCC1. The van der Waals surface area contributed by atoms with Gasteiger partial charge in [-0.3, -0.25) is 9.69 Å². The zero-order valence-corrected chi connectivity index (χ0v) is 14.4. The van der Waals surface area contributed by atoms with E-state index in [1.54, 1.807) is 12.1 Å². The van der Waals surface area contributed by atoms with Crippen LogP contribution in [0.1, 0.15) is 45.1 Å². The fourth-order valence-corrected chi connectivity index (χ4v) is 3.28. The normalized spacial score (nSPS) is 17.5. The zero-order chi connectivity index (χ0) is 15.5. The van der Waals surface area contributed by atoms with Crippen molar-refractivity contribution in [3.05, 3.63) is 34.1 Å². The van der Waals surface area contributed by atoms with Gasteiger partial charge >= 0.3 is 0 Å². The molecule has 0 atom stereocenters. The first kappa shape index (κ1) is 16.6. The van der Waals surface area contributed by atoms with E-state index in [2.05, 4.69) is 20.8 Å². The lowest BCUT2D eigenvalue weighted by atomic mass is 9.91. The molecule has 0 unspecified atom stereocenters. The van der Waals surface area contributed by atoms with Gasteiger partial charge in [0.1, 0.15) is 5.82 Å². The Morgan fingerprint density at radius 1 is 1.24 bits per heavy atom. The van der Waals surface area contributed by atoms with Crippen LogP contribution in [0.3, 0.4) is 0 Å². The number of rotatable bonds is 4. The van der Waals surface area contributed by atoms with Gasteiger partial charge in [0.05, 0.1) is 10.0 Å². The predicted molar refractivity (Wildman–Crippen MR) is 86.9 cm³/mol. The molecule has 0 spiro atoms. The molecule has 0 radical (unpaired) electrons. The zero-order valence-electron chi connectivity index (χ0n) is 12.8. The van der Waals surface area contributed by atoms with Gasteiger partial charge in [-0.1, -0.05) is 18.9 Å². The van der Waals surface area contributed by atoms with Crippen molar-refractivity contribution in [1.29, 1.82) is 0 Å². The van der Waals surface area contributed by atoms with Crippen molar-refractivity contribution in [2.45, 2.75) is 51.5 Å². The fourth-order valence-electron chi connectivity index (χ4n) is 2.86. The number of benzene rings is 1. The molecule has 4 heteroatoms. The van der Waals surface area contributed by atoms with E-state index in [0.29, 0.717) is 10.9 Å². The third-order valence-corrected chi connectivity index (χ3v) is 5.04. The van der Waals surface area contributed by atoms with Crippen LogP contribution in [0.2, 0.25) is 0 Å². The predicted octanol–water partition coefficient (Wildman–Crippen LogP) is 4.35. The molecule has 1 aliphatic heterocycles. The minimum Gasteiger partial charge on any atom is -0.297 e. The van der Waals surface area contributed by atoms with Crippen molar-refractivity contribution >= 4 is 21.7 Å². The van der Waals surface area contributed by atoms with Crippen LogP contribution in [0, 0.1) is 5.82 Å². The van der Waals surface area contributed by atoms with Gasteiger partial charge in [-0.15, -0.1) is 0 Å². The van der Waals surface area contributed by atoms with E-state index in [-0.39, 0.29) is 11.6 Å². The van der Waals surface area contributed by atoms with Crippen LogP contribution >= 0.6 is 15.9 Å². The highest BCUT2D eigenvalue weighted by atomic mass is 79.9. The van der Waals surface area contributed by atoms with Crippen molar-refractivity contribution in [1.82, 2.24) is 4.90 Å². The average Bonchev–Trinajstić information content (AvgIpc) is 2.72. The second kappa shape index (κ2) is 7.01. The molecule has 21 heavy (non-hydrogen) atoms. The Balaban J connectivity index is 2.08. The summed E-state index contributed by atoms with van der Waals surface area (Å²) in [4.78, 5) is 15.0. The van der Waals surface area contributed by atoms with Crippen LogP contribution in [-0.4, -0.2) is 29.3 Å². The second-order valence-electron chi connectivity index (χ2n) is 6.31. The minimum atomic E-state index is -0.453. The van der Waals surface area contributed by atoms with Gasteiger partial charge in [0.2, 0.25) is 0 Å². The Kier molecular flexibility index (Phi) is 5.55. The van der Waals surface area contributed by atoms with E-state index in [9.17, 15) is 9.18 Å². The number of Topliss-reactive ketones (excluding diaryl/α,β-unsaturated/α-hetero) is 1. The average molecular weight is 356 g/mol. The minimum absolute atomic E-state index is 0.197. The van der Waals surface area contributed by atoms with Gasteiger partial charge in [0.25, 0.3) is 0 Å². The van der Waals surface area contributed by atoms with Gasteiger partial charge in [0, 0.05) is 6.42 Å². The topological polar surface area (TPSA) is 20.3 Å². The molecule has 1 aromatic rings. The smallest absolute Gasteiger partial charge is 0.156 e.